The van der Waals surface area contributed by atoms with Crippen molar-refractivity contribution in [3.63, 3.8) is 0 Å². The van der Waals surface area contributed by atoms with E-state index in [0.29, 0.717) is 13.0 Å². The van der Waals surface area contributed by atoms with Gasteiger partial charge < -0.3 is 14.7 Å². The Balaban J connectivity index is 2.84. The predicted octanol–water partition coefficient (Wildman–Crippen LogP) is 2.43. The van der Waals surface area contributed by atoms with Crippen molar-refractivity contribution in [2.75, 3.05) is 26.2 Å². The number of carboxylic acid groups (broad SMARTS) is 1. The van der Waals surface area contributed by atoms with Crippen molar-refractivity contribution >= 4 is 12.1 Å². The minimum Gasteiger partial charge on any atom is -0.481 e. The predicted molar refractivity (Wildman–Crippen MR) is 84.9 cm³/mol. The van der Waals surface area contributed by atoms with E-state index in [1.807, 2.05) is 20.8 Å². The summed E-state index contributed by atoms with van der Waals surface area (Å²) in [4.78, 5) is 27.5. The Morgan fingerprint density at radius 1 is 1.27 bits per heavy atom. The highest BCUT2D eigenvalue weighted by atomic mass is 16.6. The van der Waals surface area contributed by atoms with Gasteiger partial charge in [-0.3, -0.25) is 9.69 Å². The monoisotopic (exact) mass is 314 g/mol. The van der Waals surface area contributed by atoms with Crippen LogP contribution in [0, 0.1) is 5.92 Å². The number of carboxylic acids is 1. The first-order valence-corrected chi connectivity index (χ1v) is 8.12. The van der Waals surface area contributed by atoms with Crippen molar-refractivity contribution in [2.45, 2.75) is 59.1 Å². The summed E-state index contributed by atoms with van der Waals surface area (Å²) in [5.74, 6) is -1.37. The molecule has 1 N–H and O–H groups in total. The van der Waals surface area contributed by atoms with Crippen LogP contribution in [0.15, 0.2) is 0 Å². The van der Waals surface area contributed by atoms with Crippen LogP contribution in [0.25, 0.3) is 0 Å². The summed E-state index contributed by atoms with van der Waals surface area (Å²) >= 11 is 0. The molecular weight excluding hydrogens is 284 g/mol. The molecule has 1 rings (SSSR count). The van der Waals surface area contributed by atoms with E-state index in [1.54, 1.807) is 4.90 Å². The molecule has 0 spiro atoms. The molecule has 6 heteroatoms. The number of ether oxygens (including phenoxy) is 1. The quantitative estimate of drug-likeness (QED) is 0.844. The highest BCUT2D eigenvalue weighted by molar-refractivity contribution is 5.73. The van der Waals surface area contributed by atoms with E-state index in [9.17, 15) is 14.7 Å². The molecule has 1 amide bonds. The standard InChI is InChI=1S/C16H30N2O4/c1-6-8-17(7-2)13-9-12(14(19)20)10-18(11-13)15(21)22-16(3,4)5/h12-13H,6-11H2,1-5H3,(H,19,20). The van der Waals surface area contributed by atoms with Gasteiger partial charge in [-0.1, -0.05) is 13.8 Å². The summed E-state index contributed by atoms with van der Waals surface area (Å²) in [6, 6.07) is 0.0762. The van der Waals surface area contributed by atoms with Crippen LogP contribution in [-0.4, -0.2) is 64.8 Å². The van der Waals surface area contributed by atoms with Gasteiger partial charge in [-0.2, -0.15) is 0 Å². The Morgan fingerprint density at radius 2 is 1.91 bits per heavy atom. The number of likely N-dealkylation sites (N-methyl/N-ethyl adjacent to an activating group) is 1. The second-order valence-corrected chi connectivity index (χ2v) is 6.94. The summed E-state index contributed by atoms with van der Waals surface area (Å²) in [5, 5.41) is 9.38. The van der Waals surface area contributed by atoms with Crippen LogP contribution in [0.2, 0.25) is 0 Å². The van der Waals surface area contributed by atoms with Crippen molar-refractivity contribution in [3.8, 4) is 0 Å². The highest BCUT2D eigenvalue weighted by Crippen LogP contribution is 2.23. The van der Waals surface area contributed by atoms with Crippen molar-refractivity contribution in [1.29, 1.82) is 0 Å². The Bertz CT molecular complexity index is 392. The third-order valence-corrected chi connectivity index (χ3v) is 3.86. The zero-order valence-corrected chi connectivity index (χ0v) is 14.5. The Morgan fingerprint density at radius 3 is 2.36 bits per heavy atom. The molecule has 0 aliphatic carbocycles. The van der Waals surface area contributed by atoms with Gasteiger partial charge in [0.1, 0.15) is 5.60 Å². The van der Waals surface area contributed by atoms with Crippen LogP contribution in [0.4, 0.5) is 4.79 Å². The maximum atomic E-state index is 12.3. The third-order valence-electron chi connectivity index (χ3n) is 3.86. The number of carbonyl (C=O) groups excluding carboxylic acids is 1. The van der Waals surface area contributed by atoms with Gasteiger partial charge in [0.2, 0.25) is 0 Å². The van der Waals surface area contributed by atoms with Crippen LogP contribution in [0.3, 0.4) is 0 Å². The topological polar surface area (TPSA) is 70.1 Å². The van der Waals surface area contributed by atoms with E-state index in [1.165, 1.54) is 0 Å². The largest absolute Gasteiger partial charge is 0.481 e. The van der Waals surface area contributed by atoms with Crippen LogP contribution in [0.1, 0.15) is 47.5 Å². The molecule has 0 saturated carbocycles. The van der Waals surface area contributed by atoms with E-state index < -0.39 is 23.6 Å². The average molecular weight is 314 g/mol. The molecule has 1 heterocycles. The molecule has 0 radical (unpaired) electrons. The molecular formula is C16H30N2O4. The van der Waals surface area contributed by atoms with Crippen LogP contribution < -0.4 is 0 Å². The molecule has 128 valence electrons. The first kappa shape index (κ1) is 18.7. The normalized spacial score (nSPS) is 22.7. The van der Waals surface area contributed by atoms with Gasteiger partial charge in [0.25, 0.3) is 0 Å². The number of aliphatic carboxylic acids is 1. The fourth-order valence-electron chi connectivity index (χ4n) is 2.88. The van der Waals surface area contributed by atoms with Gasteiger partial charge in [0.05, 0.1) is 5.92 Å². The molecule has 0 bridgehead atoms. The number of amides is 1. The summed E-state index contributed by atoms with van der Waals surface area (Å²) in [7, 11) is 0. The van der Waals surface area contributed by atoms with Gasteiger partial charge in [-0.25, -0.2) is 4.79 Å². The number of piperidine rings is 1. The first-order chi connectivity index (χ1) is 10.2. The highest BCUT2D eigenvalue weighted by Gasteiger charge is 2.37. The van der Waals surface area contributed by atoms with Crippen molar-refractivity contribution in [3.05, 3.63) is 0 Å². The van der Waals surface area contributed by atoms with Gasteiger partial charge in [-0.05, 0) is 46.7 Å². The molecule has 6 nitrogen and oxygen atoms in total. The van der Waals surface area contributed by atoms with Gasteiger partial charge in [0.15, 0.2) is 0 Å². The molecule has 1 saturated heterocycles. The minimum absolute atomic E-state index is 0.0762. The fourth-order valence-corrected chi connectivity index (χ4v) is 2.88. The van der Waals surface area contributed by atoms with Crippen LogP contribution >= 0.6 is 0 Å². The maximum Gasteiger partial charge on any atom is 0.410 e. The van der Waals surface area contributed by atoms with Crippen LogP contribution in [0.5, 0.6) is 0 Å². The zero-order valence-electron chi connectivity index (χ0n) is 14.5. The lowest BCUT2D eigenvalue weighted by molar-refractivity contribution is -0.144. The van der Waals surface area contributed by atoms with Gasteiger partial charge in [-0.15, -0.1) is 0 Å². The van der Waals surface area contributed by atoms with E-state index >= 15 is 0 Å². The Hall–Kier alpha value is -1.30. The van der Waals surface area contributed by atoms with Gasteiger partial charge in [0, 0.05) is 19.1 Å². The minimum atomic E-state index is -0.842. The van der Waals surface area contributed by atoms with Crippen molar-refractivity contribution in [2.24, 2.45) is 5.92 Å². The summed E-state index contributed by atoms with van der Waals surface area (Å²) in [6.07, 6.45) is 1.17. The summed E-state index contributed by atoms with van der Waals surface area (Å²) in [6.45, 7) is 12.1. The summed E-state index contributed by atoms with van der Waals surface area (Å²) in [5.41, 5.74) is -0.573. The molecule has 2 unspecified atom stereocenters. The third kappa shape index (κ3) is 5.48. The number of nitrogens with zero attached hydrogens (tertiary/aromatic N) is 2. The van der Waals surface area contributed by atoms with Crippen molar-refractivity contribution in [1.82, 2.24) is 9.80 Å². The average Bonchev–Trinajstić information content (AvgIpc) is 2.42. The smallest absolute Gasteiger partial charge is 0.410 e. The van der Waals surface area contributed by atoms with Gasteiger partial charge >= 0.3 is 12.1 Å². The fraction of sp³-hybridized carbons (Fsp3) is 0.875. The molecule has 1 aliphatic rings. The molecule has 1 fully saturated rings. The zero-order chi connectivity index (χ0) is 16.9. The number of hydrogen-bond acceptors (Lipinski definition) is 4. The number of hydrogen-bond donors (Lipinski definition) is 1. The van der Waals surface area contributed by atoms with E-state index in [2.05, 4.69) is 18.7 Å². The number of carbonyl (C=O) groups is 2. The molecule has 0 aromatic heterocycles. The molecule has 0 aromatic rings. The number of rotatable bonds is 5. The molecule has 0 aromatic carbocycles. The first-order valence-electron chi connectivity index (χ1n) is 8.12. The molecule has 1 aliphatic heterocycles. The maximum absolute atomic E-state index is 12.3. The molecule has 2 atom stereocenters. The SMILES string of the molecule is CCCN(CC)C1CC(C(=O)O)CN(C(=O)OC(C)(C)C)C1. The number of likely N-dealkylation sites (tertiary alicyclic amines) is 1. The molecule has 22 heavy (non-hydrogen) atoms. The lowest BCUT2D eigenvalue weighted by atomic mass is 9.93. The Kier molecular flexibility index (Phi) is 6.66. The second kappa shape index (κ2) is 7.81. The second-order valence-electron chi connectivity index (χ2n) is 6.94. The summed E-state index contributed by atoms with van der Waals surface area (Å²) < 4.78 is 5.40. The van der Waals surface area contributed by atoms with Crippen molar-refractivity contribution < 1.29 is 19.4 Å². The van der Waals surface area contributed by atoms with E-state index in [-0.39, 0.29) is 12.6 Å². The van der Waals surface area contributed by atoms with E-state index in [0.717, 1.165) is 19.5 Å². The van der Waals surface area contributed by atoms with Crippen LogP contribution in [-0.2, 0) is 9.53 Å². The Labute approximate surface area is 133 Å². The lowest BCUT2D eigenvalue weighted by Crippen LogP contribution is -2.55. The lowest BCUT2D eigenvalue weighted by Gasteiger charge is -2.41. The van der Waals surface area contributed by atoms with E-state index in [4.69, 9.17) is 4.74 Å².